The van der Waals surface area contributed by atoms with E-state index < -0.39 is 0 Å². The van der Waals surface area contributed by atoms with E-state index in [4.69, 9.17) is 0 Å². The lowest BCUT2D eigenvalue weighted by molar-refractivity contribution is -0.127. The summed E-state index contributed by atoms with van der Waals surface area (Å²) in [6, 6.07) is 0.975. The van der Waals surface area contributed by atoms with Crippen LogP contribution in [0.25, 0.3) is 0 Å². The zero-order chi connectivity index (χ0) is 13.1. The molecule has 0 aromatic carbocycles. The Morgan fingerprint density at radius 3 is 2.56 bits per heavy atom. The van der Waals surface area contributed by atoms with Crippen LogP contribution in [0, 0.1) is 17.8 Å². The lowest BCUT2D eigenvalue weighted by Crippen LogP contribution is -2.49. The fourth-order valence-corrected chi connectivity index (χ4v) is 3.31. The van der Waals surface area contributed by atoms with Crippen molar-refractivity contribution in [2.24, 2.45) is 17.8 Å². The summed E-state index contributed by atoms with van der Waals surface area (Å²) >= 11 is 0. The van der Waals surface area contributed by atoms with E-state index in [0.717, 1.165) is 31.7 Å². The van der Waals surface area contributed by atoms with Crippen LogP contribution in [0.3, 0.4) is 0 Å². The minimum absolute atomic E-state index is 0.186. The van der Waals surface area contributed by atoms with Crippen molar-refractivity contribution in [3.63, 3.8) is 0 Å². The smallest absolute Gasteiger partial charge is 0.224 e. The third-order valence-corrected chi connectivity index (χ3v) is 5.07. The summed E-state index contributed by atoms with van der Waals surface area (Å²) < 4.78 is 0. The normalized spacial score (nSPS) is 41.4. The molecular formula is C15H28N2O. The van der Waals surface area contributed by atoms with E-state index in [-0.39, 0.29) is 11.8 Å². The van der Waals surface area contributed by atoms with Gasteiger partial charge in [-0.3, -0.25) is 4.79 Å². The molecule has 2 rings (SSSR count). The second-order valence-corrected chi connectivity index (χ2v) is 6.47. The zero-order valence-corrected chi connectivity index (χ0v) is 12.0. The Labute approximate surface area is 111 Å². The molecular weight excluding hydrogens is 224 g/mol. The Morgan fingerprint density at radius 2 is 1.89 bits per heavy atom. The Morgan fingerprint density at radius 1 is 1.11 bits per heavy atom. The molecule has 2 aliphatic rings. The molecule has 1 heterocycles. The summed E-state index contributed by atoms with van der Waals surface area (Å²) in [5.74, 6) is 1.83. The maximum atomic E-state index is 12.3. The zero-order valence-electron chi connectivity index (χ0n) is 12.0. The van der Waals surface area contributed by atoms with Crippen molar-refractivity contribution < 1.29 is 4.79 Å². The predicted octanol–water partition coefficient (Wildman–Crippen LogP) is 2.32. The largest absolute Gasteiger partial charge is 0.353 e. The van der Waals surface area contributed by atoms with Crippen molar-refractivity contribution in [1.82, 2.24) is 10.6 Å². The number of piperidine rings is 1. The Kier molecular flexibility index (Phi) is 4.66. The standard InChI is InChI=1S/C15H28N2O/c1-10-5-4-6-14(12(10)3)17-15(18)13-8-7-11(2)16-9-13/h10-14,16H,4-9H2,1-3H3,(H,17,18). The topological polar surface area (TPSA) is 41.1 Å². The van der Waals surface area contributed by atoms with Gasteiger partial charge in [-0.05, 0) is 38.0 Å². The minimum atomic E-state index is 0.186. The number of amides is 1. The molecule has 0 spiro atoms. The van der Waals surface area contributed by atoms with Crippen molar-refractivity contribution in [3.05, 3.63) is 0 Å². The lowest BCUT2D eigenvalue weighted by Gasteiger charge is -2.36. The van der Waals surface area contributed by atoms with Gasteiger partial charge in [0.1, 0.15) is 0 Å². The average molecular weight is 252 g/mol. The number of rotatable bonds is 2. The van der Waals surface area contributed by atoms with Crippen LogP contribution in [0.1, 0.15) is 52.9 Å². The number of carbonyl (C=O) groups is 1. The summed E-state index contributed by atoms with van der Waals surface area (Å²) in [6.45, 7) is 7.64. The molecule has 5 unspecified atom stereocenters. The van der Waals surface area contributed by atoms with E-state index in [2.05, 4.69) is 31.4 Å². The van der Waals surface area contributed by atoms with Gasteiger partial charge < -0.3 is 10.6 Å². The van der Waals surface area contributed by atoms with Gasteiger partial charge >= 0.3 is 0 Å². The second-order valence-electron chi connectivity index (χ2n) is 6.47. The maximum absolute atomic E-state index is 12.3. The highest BCUT2D eigenvalue weighted by molar-refractivity contribution is 5.79. The fraction of sp³-hybridized carbons (Fsp3) is 0.933. The first-order chi connectivity index (χ1) is 8.58. The van der Waals surface area contributed by atoms with Crippen molar-refractivity contribution in [3.8, 4) is 0 Å². The van der Waals surface area contributed by atoms with Gasteiger partial charge in [0.05, 0.1) is 5.92 Å². The number of nitrogens with one attached hydrogen (secondary N) is 2. The summed E-state index contributed by atoms with van der Waals surface area (Å²) in [4.78, 5) is 12.3. The molecule has 1 saturated carbocycles. The monoisotopic (exact) mass is 252 g/mol. The molecule has 3 heteroatoms. The first kappa shape index (κ1) is 13.9. The number of carbonyl (C=O) groups excluding carboxylic acids is 1. The highest BCUT2D eigenvalue weighted by atomic mass is 16.2. The molecule has 5 atom stereocenters. The molecule has 1 aliphatic heterocycles. The average Bonchev–Trinajstić information content (AvgIpc) is 2.36. The van der Waals surface area contributed by atoms with Crippen molar-refractivity contribution >= 4 is 5.91 Å². The highest BCUT2D eigenvalue weighted by Gasteiger charge is 2.31. The van der Waals surface area contributed by atoms with E-state index in [1.807, 2.05) is 0 Å². The summed E-state index contributed by atoms with van der Waals surface area (Å²) in [7, 11) is 0. The van der Waals surface area contributed by atoms with Crippen LogP contribution in [0.15, 0.2) is 0 Å². The van der Waals surface area contributed by atoms with Crippen LogP contribution in [0.2, 0.25) is 0 Å². The van der Waals surface area contributed by atoms with E-state index in [9.17, 15) is 4.79 Å². The molecule has 3 nitrogen and oxygen atoms in total. The molecule has 18 heavy (non-hydrogen) atoms. The maximum Gasteiger partial charge on any atom is 0.224 e. The van der Waals surface area contributed by atoms with Crippen molar-refractivity contribution in [2.75, 3.05) is 6.54 Å². The SMILES string of the molecule is CC1CCC(C(=O)NC2CCCC(C)C2C)CN1. The quantitative estimate of drug-likeness (QED) is 0.792. The van der Waals surface area contributed by atoms with Gasteiger partial charge in [0.25, 0.3) is 0 Å². The Bertz CT molecular complexity index is 284. The molecule has 2 N–H and O–H groups in total. The molecule has 1 aliphatic carbocycles. The van der Waals surface area contributed by atoms with Crippen LogP contribution in [-0.4, -0.2) is 24.5 Å². The summed E-state index contributed by atoms with van der Waals surface area (Å²) in [5, 5.41) is 6.71. The van der Waals surface area contributed by atoms with Gasteiger partial charge in [0.2, 0.25) is 5.91 Å². The van der Waals surface area contributed by atoms with Gasteiger partial charge in [0.15, 0.2) is 0 Å². The van der Waals surface area contributed by atoms with Gasteiger partial charge in [-0.25, -0.2) is 0 Å². The molecule has 0 bridgehead atoms. The van der Waals surface area contributed by atoms with Gasteiger partial charge in [-0.15, -0.1) is 0 Å². The van der Waals surface area contributed by atoms with Crippen LogP contribution >= 0.6 is 0 Å². The Balaban J connectivity index is 1.83. The number of hydrogen-bond donors (Lipinski definition) is 2. The Hall–Kier alpha value is -0.570. The molecule has 0 radical (unpaired) electrons. The van der Waals surface area contributed by atoms with Crippen molar-refractivity contribution in [2.45, 2.75) is 65.0 Å². The van der Waals surface area contributed by atoms with Gasteiger partial charge in [0, 0.05) is 18.6 Å². The van der Waals surface area contributed by atoms with Gasteiger partial charge in [-0.1, -0.05) is 26.7 Å². The third kappa shape index (κ3) is 3.25. The lowest BCUT2D eigenvalue weighted by atomic mass is 9.78. The van der Waals surface area contributed by atoms with Crippen LogP contribution in [0.4, 0.5) is 0 Å². The molecule has 0 aromatic rings. The fourth-order valence-electron chi connectivity index (χ4n) is 3.31. The molecule has 1 saturated heterocycles. The van der Waals surface area contributed by atoms with Crippen LogP contribution in [-0.2, 0) is 4.79 Å². The molecule has 0 aromatic heterocycles. The molecule has 2 fully saturated rings. The third-order valence-electron chi connectivity index (χ3n) is 5.07. The van der Waals surface area contributed by atoms with E-state index in [1.54, 1.807) is 0 Å². The molecule has 104 valence electrons. The van der Waals surface area contributed by atoms with Crippen LogP contribution < -0.4 is 10.6 Å². The van der Waals surface area contributed by atoms with Gasteiger partial charge in [-0.2, -0.15) is 0 Å². The van der Waals surface area contributed by atoms with Crippen LogP contribution in [0.5, 0.6) is 0 Å². The highest BCUT2D eigenvalue weighted by Crippen LogP contribution is 2.29. The summed E-state index contributed by atoms with van der Waals surface area (Å²) in [6.07, 6.45) is 5.89. The predicted molar refractivity (Wildman–Crippen MR) is 74.3 cm³/mol. The van der Waals surface area contributed by atoms with E-state index in [1.165, 1.54) is 12.8 Å². The van der Waals surface area contributed by atoms with E-state index >= 15 is 0 Å². The minimum Gasteiger partial charge on any atom is -0.353 e. The first-order valence-electron chi connectivity index (χ1n) is 7.61. The molecule has 1 amide bonds. The van der Waals surface area contributed by atoms with Crippen molar-refractivity contribution in [1.29, 1.82) is 0 Å². The number of hydrogen-bond acceptors (Lipinski definition) is 2. The second kappa shape index (κ2) is 6.05. The van der Waals surface area contributed by atoms with E-state index in [0.29, 0.717) is 18.0 Å². The first-order valence-corrected chi connectivity index (χ1v) is 7.61. The summed E-state index contributed by atoms with van der Waals surface area (Å²) in [5.41, 5.74) is 0.